The molecule has 0 saturated carbocycles. The Bertz CT molecular complexity index is 897. The monoisotopic (exact) mass is 280 g/mol. The highest BCUT2D eigenvalue weighted by Crippen LogP contribution is 2.34. The van der Waals surface area contributed by atoms with Crippen molar-refractivity contribution in [1.29, 1.82) is 10.5 Å². The van der Waals surface area contributed by atoms with Crippen molar-refractivity contribution < 1.29 is 0 Å². The van der Waals surface area contributed by atoms with E-state index in [1.807, 2.05) is 66.7 Å². The average molecular weight is 280 g/mol. The Morgan fingerprint density at radius 1 is 0.545 bits per heavy atom. The fourth-order valence-corrected chi connectivity index (χ4v) is 2.58. The standard InChI is InChI=1S/C20H12N2/c21-13-16-9-6-12-19(20(16)14-22)18-11-5-4-10-17(18)15-7-2-1-3-8-15/h1-12H. The van der Waals surface area contributed by atoms with E-state index in [1.54, 1.807) is 6.07 Å². The van der Waals surface area contributed by atoms with E-state index in [1.165, 1.54) is 0 Å². The molecular formula is C20H12N2. The van der Waals surface area contributed by atoms with Crippen LogP contribution in [-0.2, 0) is 0 Å². The van der Waals surface area contributed by atoms with E-state index in [9.17, 15) is 10.5 Å². The van der Waals surface area contributed by atoms with E-state index in [2.05, 4.69) is 12.1 Å². The Morgan fingerprint density at radius 2 is 1.18 bits per heavy atom. The molecule has 0 saturated heterocycles. The Kier molecular flexibility index (Phi) is 3.69. The molecule has 2 heteroatoms. The molecule has 0 spiro atoms. The molecular weight excluding hydrogens is 268 g/mol. The van der Waals surface area contributed by atoms with Gasteiger partial charge in [0.2, 0.25) is 0 Å². The van der Waals surface area contributed by atoms with Crippen LogP contribution < -0.4 is 0 Å². The third-order valence-electron chi connectivity index (χ3n) is 3.60. The normalized spacial score (nSPS) is 9.73. The minimum atomic E-state index is 0.405. The molecule has 0 N–H and O–H groups in total. The van der Waals surface area contributed by atoms with Crippen LogP contribution in [0, 0.1) is 22.7 Å². The van der Waals surface area contributed by atoms with Crippen LogP contribution in [0.1, 0.15) is 11.1 Å². The zero-order valence-corrected chi connectivity index (χ0v) is 11.8. The van der Waals surface area contributed by atoms with Gasteiger partial charge in [0.25, 0.3) is 0 Å². The van der Waals surface area contributed by atoms with Crippen molar-refractivity contribution in [3.05, 3.63) is 83.9 Å². The lowest BCUT2D eigenvalue weighted by molar-refractivity contribution is 1.43. The van der Waals surface area contributed by atoms with Crippen LogP contribution >= 0.6 is 0 Å². The lowest BCUT2D eigenvalue weighted by Gasteiger charge is -2.12. The third kappa shape index (κ3) is 2.35. The summed E-state index contributed by atoms with van der Waals surface area (Å²) >= 11 is 0. The van der Waals surface area contributed by atoms with Crippen molar-refractivity contribution in [1.82, 2.24) is 0 Å². The van der Waals surface area contributed by atoms with Gasteiger partial charge >= 0.3 is 0 Å². The van der Waals surface area contributed by atoms with Crippen molar-refractivity contribution in [3.63, 3.8) is 0 Å². The van der Waals surface area contributed by atoms with E-state index < -0.39 is 0 Å². The molecule has 0 fully saturated rings. The van der Waals surface area contributed by atoms with Crippen molar-refractivity contribution in [2.24, 2.45) is 0 Å². The molecule has 3 aromatic carbocycles. The summed E-state index contributed by atoms with van der Waals surface area (Å²) in [5, 5.41) is 18.7. The van der Waals surface area contributed by atoms with Gasteiger partial charge in [-0.2, -0.15) is 10.5 Å². The molecule has 0 atom stereocenters. The molecule has 0 aromatic heterocycles. The summed E-state index contributed by atoms with van der Waals surface area (Å²) in [6.07, 6.45) is 0. The van der Waals surface area contributed by atoms with Crippen molar-refractivity contribution in [3.8, 4) is 34.4 Å². The SMILES string of the molecule is N#Cc1cccc(-c2ccccc2-c2ccccc2)c1C#N. The summed E-state index contributed by atoms with van der Waals surface area (Å²) in [7, 11) is 0. The molecule has 0 aliphatic rings. The number of rotatable bonds is 2. The van der Waals surface area contributed by atoms with Gasteiger partial charge in [-0.15, -0.1) is 0 Å². The average Bonchev–Trinajstić information content (AvgIpc) is 2.61. The molecule has 3 rings (SSSR count). The maximum atomic E-state index is 9.45. The van der Waals surface area contributed by atoms with Gasteiger partial charge in [-0.1, -0.05) is 66.7 Å². The van der Waals surface area contributed by atoms with Gasteiger partial charge in [0, 0.05) is 5.56 Å². The fourth-order valence-electron chi connectivity index (χ4n) is 2.58. The van der Waals surface area contributed by atoms with Gasteiger partial charge < -0.3 is 0 Å². The Balaban J connectivity index is 2.28. The number of hydrogen-bond acceptors (Lipinski definition) is 2. The molecule has 0 amide bonds. The van der Waals surface area contributed by atoms with Crippen LogP contribution in [0.15, 0.2) is 72.8 Å². The Hall–Kier alpha value is -3.36. The number of benzene rings is 3. The summed E-state index contributed by atoms with van der Waals surface area (Å²) in [6, 6.07) is 27.6. The van der Waals surface area contributed by atoms with Gasteiger partial charge in [0.05, 0.1) is 11.1 Å². The minimum absolute atomic E-state index is 0.405. The zero-order chi connectivity index (χ0) is 15.4. The summed E-state index contributed by atoms with van der Waals surface area (Å²) in [5.41, 5.74) is 4.72. The van der Waals surface area contributed by atoms with E-state index in [0.717, 1.165) is 22.3 Å². The second kappa shape index (κ2) is 5.95. The first-order valence-electron chi connectivity index (χ1n) is 6.93. The molecule has 0 bridgehead atoms. The Morgan fingerprint density at radius 3 is 1.86 bits per heavy atom. The van der Waals surface area contributed by atoms with Gasteiger partial charge in [0.15, 0.2) is 0 Å². The molecule has 22 heavy (non-hydrogen) atoms. The predicted octanol–water partition coefficient (Wildman–Crippen LogP) is 4.76. The van der Waals surface area contributed by atoms with Gasteiger partial charge in [-0.3, -0.25) is 0 Å². The zero-order valence-electron chi connectivity index (χ0n) is 11.8. The third-order valence-corrected chi connectivity index (χ3v) is 3.60. The quantitative estimate of drug-likeness (QED) is 0.679. The molecule has 3 aromatic rings. The number of hydrogen-bond donors (Lipinski definition) is 0. The van der Waals surface area contributed by atoms with Gasteiger partial charge in [0.1, 0.15) is 12.1 Å². The summed E-state index contributed by atoms with van der Waals surface area (Å²) in [5.74, 6) is 0. The lowest BCUT2D eigenvalue weighted by Crippen LogP contribution is -1.91. The van der Waals surface area contributed by atoms with Crippen LogP contribution in [0.4, 0.5) is 0 Å². The number of nitrogens with zero attached hydrogens (tertiary/aromatic N) is 2. The summed E-state index contributed by atoms with van der Waals surface area (Å²) < 4.78 is 0. The highest BCUT2D eigenvalue weighted by Gasteiger charge is 2.13. The lowest BCUT2D eigenvalue weighted by atomic mass is 9.90. The highest BCUT2D eigenvalue weighted by atomic mass is 14.3. The van der Waals surface area contributed by atoms with Crippen molar-refractivity contribution in [2.75, 3.05) is 0 Å². The first-order valence-corrected chi connectivity index (χ1v) is 6.93. The molecule has 0 aliphatic heterocycles. The maximum Gasteiger partial charge on any atom is 0.101 e. The Labute approximate surface area is 129 Å². The molecule has 0 radical (unpaired) electrons. The fraction of sp³-hybridized carbons (Fsp3) is 0. The number of nitriles is 2. The van der Waals surface area contributed by atoms with E-state index in [-0.39, 0.29) is 0 Å². The molecule has 102 valence electrons. The smallest absolute Gasteiger partial charge is 0.101 e. The van der Waals surface area contributed by atoms with Crippen molar-refractivity contribution >= 4 is 0 Å². The van der Waals surface area contributed by atoms with E-state index >= 15 is 0 Å². The van der Waals surface area contributed by atoms with Crippen LogP contribution in [0.25, 0.3) is 22.3 Å². The summed E-state index contributed by atoms with van der Waals surface area (Å²) in [4.78, 5) is 0. The molecule has 2 nitrogen and oxygen atoms in total. The predicted molar refractivity (Wildman–Crippen MR) is 86.7 cm³/mol. The first-order chi connectivity index (χ1) is 10.8. The van der Waals surface area contributed by atoms with E-state index in [4.69, 9.17) is 0 Å². The second-order valence-corrected chi connectivity index (χ2v) is 4.86. The van der Waals surface area contributed by atoms with Gasteiger partial charge in [-0.25, -0.2) is 0 Å². The van der Waals surface area contributed by atoms with E-state index in [0.29, 0.717) is 11.1 Å². The molecule has 0 heterocycles. The van der Waals surface area contributed by atoms with Crippen LogP contribution in [0.3, 0.4) is 0 Å². The van der Waals surface area contributed by atoms with Crippen molar-refractivity contribution in [2.45, 2.75) is 0 Å². The highest BCUT2D eigenvalue weighted by molar-refractivity contribution is 5.86. The maximum absolute atomic E-state index is 9.45. The minimum Gasteiger partial charge on any atom is -0.192 e. The van der Waals surface area contributed by atoms with Crippen LogP contribution in [0.2, 0.25) is 0 Å². The van der Waals surface area contributed by atoms with Gasteiger partial charge in [-0.05, 0) is 22.8 Å². The second-order valence-electron chi connectivity index (χ2n) is 4.86. The largest absolute Gasteiger partial charge is 0.192 e. The molecule has 0 unspecified atom stereocenters. The topological polar surface area (TPSA) is 47.6 Å². The molecule has 0 aliphatic carbocycles. The summed E-state index contributed by atoms with van der Waals surface area (Å²) in [6.45, 7) is 0. The first kappa shape index (κ1) is 13.6. The van der Waals surface area contributed by atoms with Crippen LogP contribution in [-0.4, -0.2) is 0 Å². The van der Waals surface area contributed by atoms with Crippen LogP contribution in [0.5, 0.6) is 0 Å².